The third-order valence-corrected chi connectivity index (χ3v) is 9.98. The number of esters is 2. The number of rotatable bonds is 33. The molecule has 0 radical (unpaired) electrons. The molecular weight excluding hydrogens is 636 g/mol. The Hall–Kier alpha value is -1.81. The summed E-state index contributed by atoms with van der Waals surface area (Å²) >= 11 is 0. The van der Waals surface area contributed by atoms with Crippen LogP contribution in [0.3, 0.4) is 0 Å². The molecule has 0 amide bonds. The molecule has 0 aromatic rings. The van der Waals surface area contributed by atoms with E-state index in [9.17, 15) is 34.8 Å². The number of carbonyl (C=O) groups is 3. The first kappa shape index (κ1) is 46.2. The van der Waals surface area contributed by atoms with Gasteiger partial charge in [-0.15, -0.1) is 0 Å². The average Bonchev–Trinajstić information content (AvgIpc) is 3.36. The van der Waals surface area contributed by atoms with Gasteiger partial charge in [0.2, 0.25) is 0 Å². The van der Waals surface area contributed by atoms with Crippen LogP contribution in [-0.2, 0) is 23.9 Å². The van der Waals surface area contributed by atoms with Crippen molar-refractivity contribution in [2.24, 2.45) is 11.8 Å². The van der Waals surface area contributed by atoms with Crippen LogP contribution in [0.2, 0.25) is 0 Å². The Kier molecular flexibility index (Phi) is 28.4. The first-order chi connectivity index (χ1) is 24.2. The number of ketones is 1. The van der Waals surface area contributed by atoms with Crippen LogP contribution in [0.1, 0.15) is 181 Å². The monoisotopic (exact) mass is 711 g/mol. The van der Waals surface area contributed by atoms with Crippen LogP contribution < -0.4 is 0 Å². The van der Waals surface area contributed by atoms with E-state index in [4.69, 9.17) is 9.47 Å². The number of unbranched alkanes of at least 4 members (excludes halogenated alkanes) is 17. The predicted octanol–water partition coefficient (Wildman–Crippen LogP) is 8.07. The molecule has 0 saturated heterocycles. The quantitative estimate of drug-likeness (QED) is 0.0301. The third-order valence-electron chi connectivity index (χ3n) is 9.98. The van der Waals surface area contributed by atoms with Crippen LogP contribution in [0.4, 0.5) is 0 Å². The highest BCUT2D eigenvalue weighted by Crippen LogP contribution is 2.36. The Morgan fingerprint density at radius 2 is 1.06 bits per heavy atom. The molecule has 50 heavy (non-hydrogen) atoms. The lowest BCUT2D eigenvalue weighted by Gasteiger charge is -2.20. The highest BCUT2D eigenvalue weighted by Gasteiger charge is 2.41. The van der Waals surface area contributed by atoms with Crippen LogP contribution in [0.15, 0.2) is 12.2 Å². The lowest BCUT2D eigenvalue weighted by molar-refractivity contribution is -0.152. The van der Waals surface area contributed by atoms with Crippen molar-refractivity contribution in [3.8, 4) is 0 Å². The number of Topliss-reactive ketones (excluding diaryl/α,β-unsaturated/α-hetero) is 1. The molecule has 0 aromatic carbocycles. The molecule has 1 fully saturated rings. The van der Waals surface area contributed by atoms with Gasteiger partial charge in [0.25, 0.3) is 0 Å². The molecule has 0 unspecified atom stereocenters. The van der Waals surface area contributed by atoms with E-state index in [2.05, 4.69) is 13.8 Å². The lowest BCUT2D eigenvalue weighted by Crippen LogP contribution is -2.25. The van der Waals surface area contributed by atoms with Gasteiger partial charge in [-0.25, -0.2) is 0 Å². The molecule has 0 aliphatic heterocycles. The highest BCUT2D eigenvalue weighted by molar-refractivity contribution is 5.79. The lowest BCUT2D eigenvalue weighted by atomic mass is 9.87. The second kappa shape index (κ2) is 30.8. The molecule has 0 bridgehead atoms. The summed E-state index contributed by atoms with van der Waals surface area (Å²) < 4.78 is 10.2. The Morgan fingerprint density at radius 1 is 0.620 bits per heavy atom. The molecule has 0 aromatic heterocycles. The zero-order chi connectivity index (χ0) is 36.8. The van der Waals surface area contributed by atoms with Gasteiger partial charge in [0.1, 0.15) is 25.1 Å². The molecule has 1 aliphatic rings. The SMILES string of the molecule is CCCCCCCCCCCCCCCCCC(=O)OC[C@@H](O)COC(=O)CCCCC(=O)C[C@@H]1[C@@H](/C=C/[C@@H](O)CCCCC)[C@H](O)C[C@@H]1O. The van der Waals surface area contributed by atoms with Gasteiger partial charge in [-0.2, -0.15) is 0 Å². The summed E-state index contributed by atoms with van der Waals surface area (Å²) in [7, 11) is 0. The van der Waals surface area contributed by atoms with Gasteiger partial charge < -0.3 is 29.9 Å². The van der Waals surface area contributed by atoms with Crippen molar-refractivity contribution in [3.05, 3.63) is 12.2 Å². The third kappa shape index (κ3) is 24.4. The van der Waals surface area contributed by atoms with Crippen molar-refractivity contribution in [3.63, 3.8) is 0 Å². The Balaban J connectivity index is 2.05. The van der Waals surface area contributed by atoms with Crippen molar-refractivity contribution in [1.82, 2.24) is 0 Å². The first-order valence-corrected chi connectivity index (χ1v) is 20.4. The smallest absolute Gasteiger partial charge is 0.305 e. The normalized spacial score (nSPS) is 20.3. The molecule has 6 atom stereocenters. The summed E-state index contributed by atoms with van der Waals surface area (Å²) in [5.41, 5.74) is 0. The molecule has 1 aliphatic carbocycles. The van der Waals surface area contributed by atoms with E-state index in [0.717, 1.165) is 38.5 Å². The summed E-state index contributed by atoms with van der Waals surface area (Å²) in [5, 5.41) is 41.1. The van der Waals surface area contributed by atoms with Crippen LogP contribution in [-0.4, -0.2) is 75.8 Å². The van der Waals surface area contributed by atoms with E-state index in [1.54, 1.807) is 12.2 Å². The van der Waals surface area contributed by atoms with E-state index in [1.807, 2.05) is 0 Å². The van der Waals surface area contributed by atoms with Crippen LogP contribution in [0.5, 0.6) is 0 Å². The average molecular weight is 711 g/mol. The largest absolute Gasteiger partial charge is 0.463 e. The maximum atomic E-state index is 12.6. The molecule has 9 heteroatoms. The van der Waals surface area contributed by atoms with Crippen LogP contribution in [0.25, 0.3) is 0 Å². The van der Waals surface area contributed by atoms with Crippen molar-refractivity contribution >= 4 is 17.7 Å². The van der Waals surface area contributed by atoms with Gasteiger partial charge in [0.15, 0.2) is 0 Å². The van der Waals surface area contributed by atoms with E-state index in [1.165, 1.54) is 77.0 Å². The summed E-state index contributed by atoms with van der Waals surface area (Å²) in [5.74, 6) is -1.67. The number of carbonyl (C=O) groups excluding carboxylic acids is 3. The van der Waals surface area contributed by atoms with Gasteiger partial charge >= 0.3 is 11.9 Å². The fraction of sp³-hybridized carbons (Fsp3) is 0.878. The predicted molar refractivity (Wildman–Crippen MR) is 198 cm³/mol. The Morgan fingerprint density at radius 3 is 1.58 bits per heavy atom. The number of ether oxygens (including phenoxy) is 2. The van der Waals surface area contributed by atoms with E-state index in [-0.39, 0.29) is 56.6 Å². The zero-order valence-electron chi connectivity index (χ0n) is 31.7. The number of hydrogen-bond acceptors (Lipinski definition) is 9. The van der Waals surface area contributed by atoms with Gasteiger partial charge in [-0.1, -0.05) is 135 Å². The first-order valence-electron chi connectivity index (χ1n) is 20.4. The fourth-order valence-corrected chi connectivity index (χ4v) is 6.79. The van der Waals surface area contributed by atoms with Gasteiger partial charge in [-0.3, -0.25) is 14.4 Å². The van der Waals surface area contributed by atoms with Gasteiger partial charge in [0.05, 0.1) is 18.3 Å². The van der Waals surface area contributed by atoms with Gasteiger partial charge in [-0.05, 0) is 25.7 Å². The number of aliphatic hydroxyl groups excluding tert-OH is 4. The zero-order valence-corrected chi connectivity index (χ0v) is 31.7. The number of hydrogen-bond donors (Lipinski definition) is 4. The molecule has 0 spiro atoms. The molecule has 9 nitrogen and oxygen atoms in total. The molecule has 4 N–H and O–H groups in total. The second-order valence-corrected chi connectivity index (χ2v) is 14.7. The Bertz CT molecular complexity index is 891. The topological polar surface area (TPSA) is 151 Å². The molecule has 0 heterocycles. The van der Waals surface area contributed by atoms with Crippen molar-refractivity contribution in [1.29, 1.82) is 0 Å². The molecule has 1 rings (SSSR count). The summed E-state index contributed by atoms with van der Waals surface area (Å²) in [6.45, 7) is 3.89. The highest BCUT2D eigenvalue weighted by atomic mass is 16.6. The van der Waals surface area contributed by atoms with Crippen molar-refractivity contribution in [2.45, 2.75) is 205 Å². The maximum absolute atomic E-state index is 12.6. The summed E-state index contributed by atoms with van der Waals surface area (Å²) in [6, 6.07) is 0. The molecule has 1 saturated carbocycles. The van der Waals surface area contributed by atoms with Crippen LogP contribution >= 0.6 is 0 Å². The fourth-order valence-electron chi connectivity index (χ4n) is 6.79. The van der Waals surface area contributed by atoms with E-state index < -0.39 is 36.3 Å². The Labute approximate surface area is 304 Å². The van der Waals surface area contributed by atoms with E-state index >= 15 is 0 Å². The maximum Gasteiger partial charge on any atom is 0.305 e. The minimum absolute atomic E-state index is 0.0417. The second-order valence-electron chi connectivity index (χ2n) is 14.7. The van der Waals surface area contributed by atoms with E-state index in [0.29, 0.717) is 25.7 Å². The summed E-state index contributed by atoms with van der Waals surface area (Å²) in [4.78, 5) is 36.7. The molecule has 292 valence electrons. The standard InChI is InChI=1S/C41H74O9/c1-3-5-7-8-9-10-11-12-13-14-15-16-17-18-20-25-40(47)49-31-35(44)32-50-41(48)26-22-21-24-34(43)29-37-36(38(45)30-39(37)46)28-27-33(42)23-19-6-4-2/h27-28,33,35-39,42,44-46H,3-26,29-32H2,1-2H3/b28-27+/t33-,35+,36+,37+,38+,39-/m0/s1. The molecular formula is C41H74O9. The number of aliphatic hydroxyl groups is 4. The van der Waals surface area contributed by atoms with Crippen molar-refractivity contribution < 1.29 is 44.3 Å². The summed E-state index contributed by atoms with van der Waals surface area (Å²) in [6.07, 6.45) is 24.7. The minimum atomic E-state index is -1.09. The minimum Gasteiger partial charge on any atom is -0.463 e. The van der Waals surface area contributed by atoms with Crippen LogP contribution in [0, 0.1) is 11.8 Å². The van der Waals surface area contributed by atoms with Gasteiger partial charge in [0, 0.05) is 43.9 Å². The van der Waals surface area contributed by atoms with Crippen molar-refractivity contribution in [2.75, 3.05) is 13.2 Å².